The second-order valence-corrected chi connectivity index (χ2v) is 9.74. The molecule has 0 radical (unpaired) electrons. The van der Waals surface area contributed by atoms with Crippen LogP contribution in [-0.2, 0) is 11.3 Å². The van der Waals surface area contributed by atoms with Crippen LogP contribution in [0.25, 0.3) is 11.1 Å². The first-order chi connectivity index (χ1) is 18.5. The van der Waals surface area contributed by atoms with E-state index in [0.717, 1.165) is 54.0 Å². The van der Waals surface area contributed by atoms with Crippen LogP contribution in [0.4, 0.5) is 11.4 Å². The number of benzene rings is 3. The number of fused-ring (bicyclic) bond motifs is 1. The average molecular weight is 515 g/mol. The van der Waals surface area contributed by atoms with Crippen LogP contribution >= 0.6 is 0 Å². The summed E-state index contributed by atoms with van der Waals surface area (Å²) < 4.78 is 10.9. The van der Waals surface area contributed by atoms with Crippen molar-refractivity contribution in [1.82, 2.24) is 4.90 Å². The Kier molecular flexibility index (Phi) is 7.79. The van der Waals surface area contributed by atoms with E-state index in [-0.39, 0.29) is 18.6 Å². The first kappa shape index (κ1) is 25.6. The van der Waals surface area contributed by atoms with Crippen LogP contribution in [0, 0.1) is 0 Å². The zero-order valence-electron chi connectivity index (χ0n) is 21.7. The molecule has 198 valence electrons. The average Bonchev–Trinajstić information content (AvgIpc) is 3.62. The summed E-state index contributed by atoms with van der Waals surface area (Å²) in [6.45, 7) is 5.19. The number of amides is 2. The lowest BCUT2D eigenvalue weighted by atomic mass is 10.0. The van der Waals surface area contributed by atoms with E-state index in [1.54, 1.807) is 18.2 Å². The van der Waals surface area contributed by atoms with E-state index < -0.39 is 0 Å². The number of hydrogen-bond donors (Lipinski definition) is 2. The smallest absolute Gasteiger partial charge is 0.254 e. The number of rotatable bonds is 9. The summed E-state index contributed by atoms with van der Waals surface area (Å²) in [5.74, 6) is 1.07. The molecule has 2 amide bonds. The predicted molar refractivity (Wildman–Crippen MR) is 149 cm³/mol. The molecule has 1 saturated heterocycles. The van der Waals surface area contributed by atoms with Crippen molar-refractivity contribution >= 4 is 23.2 Å². The van der Waals surface area contributed by atoms with E-state index in [4.69, 9.17) is 15.2 Å². The molecule has 3 aromatic carbocycles. The highest BCUT2D eigenvalue weighted by Gasteiger charge is 2.21. The molecule has 2 aliphatic heterocycles. The van der Waals surface area contributed by atoms with Gasteiger partial charge in [-0.25, -0.2) is 0 Å². The maximum absolute atomic E-state index is 13.5. The normalized spacial score (nSPS) is 14.0. The van der Waals surface area contributed by atoms with Gasteiger partial charge in [0, 0.05) is 38.7 Å². The summed E-state index contributed by atoms with van der Waals surface area (Å²) >= 11 is 0. The van der Waals surface area contributed by atoms with Crippen LogP contribution in [0.15, 0.2) is 60.7 Å². The number of nitrogens with one attached hydrogen (secondary N) is 1. The molecular formula is C30H34N4O4. The summed E-state index contributed by atoms with van der Waals surface area (Å²) in [5.41, 5.74) is 11.3. The maximum atomic E-state index is 13.5. The third-order valence-electron chi connectivity index (χ3n) is 6.93. The number of carbonyl (C=O) groups excluding carboxylic acids is 2. The van der Waals surface area contributed by atoms with Gasteiger partial charge in [-0.15, -0.1) is 0 Å². The van der Waals surface area contributed by atoms with E-state index in [9.17, 15) is 9.59 Å². The standard InChI is InChI=1S/C30H34N4O4/c1-21(35)32-26-17-24(8-10-27(26)33-13-2-3-14-33)23-7-4-6-22(16-23)19-34(15-5-12-31)30(36)25-9-11-28-29(18-25)38-20-37-28/h4,6-11,16-18H,2-3,5,12-15,19-20,31H2,1H3,(H,32,35). The molecule has 0 unspecified atom stereocenters. The van der Waals surface area contributed by atoms with Crippen molar-refractivity contribution in [1.29, 1.82) is 0 Å². The summed E-state index contributed by atoms with van der Waals surface area (Å²) in [7, 11) is 0. The third-order valence-corrected chi connectivity index (χ3v) is 6.93. The zero-order chi connectivity index (χ0) is 26.5. The van der Waals surface area contributed by atoms with Gasteiger partial charge in [-0.2, -0.15) is 0 Å². The topological polar surface area (TPSA) is 97.1 Å². The summed E-state index contributed by atoms with van der Waals surface area (Å²) in [4.78, 5) is 29.6. The minimum Gasteiger partial charge on any atom is -0.454 e. The van der Waals surface area contributed by atoms with Gasteiger partial charge >= 0.3 is 0 Å². The molecule has 38 heavy (non-hydrogen) atoms. The van der Waals surface area contributed by atoms with Crippen LogP contribution in [0.2, 0.25) is 0 Å². The second kappa shape index (κ2) is 11.6. The lowest BCUT2D eigenvalue weighted by Crippen LogP contribution is -2.32. The van der Waals surface area contributed by atoms with E-state index in [1.165, 1.54) is 6.92 Å². The van der Waals surface area contributed by atoms with Gasteiger partial charge < -0.3 is 30.3 Å². The van der Waals surface area contributed by atoms with E-state index in [1.807, 2.05) is 23.1 Å². The highest BCUT2D eigenvalue weighted by molar-refractivity contribution is 5.95. The lowest BCUT2D eigenvalue weighted by Gasteiger charge is -2.24. The zero-order valence-corrected chi connectivity index (χ0v) is 21.7. The SMILES string of the molecule is CC(=O)Nc1cc(-c2cccc(CN(CCCN)C(=O)c3ccc4c(c3)OCO4)c2)ccc1N1CCCC1. The van der Waals surface area contributed by atoms with Gasteiger partial charge in [0.2, 0.25) is 12.7 Å². The quantitative estimate of drug-likeness (QED) is 0.432. The van der Waals surface area contributed by atoms with Crippen molar-refractivity contribution in [2.75, 3.05) is 43.2 Å². The van der Waals surface area contributed by atoms with Gasteiger partial charge in [0.1, 0.15) is 0 Å². The van der Waals surface area contributed by atoms with Crippen molar-refractivity contribution in [2.24, 2.45) is 5.73 Å². The van der Waals surface area contributed by atoms with Crippen molar-refractivity contribution in [3.63, 3.8) is 0 Å². The number of anilines is 2. The minimum absolute atomic E-state index is 0.0786. The molecule has 2 aliphatic rings. The van der Waals surface area contributed by atoms with Gasteiger partial charge in [-0.3, -0.25) is 9.59 Å². The number of nitrogens with zero attached hydrogens (tertiary/aromatic N) is 2. The van der Waals surface area contributed by atoms with Crippen molar-refractivity contribution in [3.8, 4) is 22.6 Å². The maximum Gasteiger partial charge on any atom is 0.254 e. The molecule has 0 aromatic heterocycles. The molecule has 0 atom stereocenters. The molecule has 3 N–H and O–H groups in total. The Hall–Kier alpha value is -4.04. The molecule has 0 spiro atoms. The molecule has 0 bridgehead atoms. The Labute approximate surface area is 223 Å². The van der Waals surface area contributed by atoms with Crippen molar-refractivity contribution in [3.05, 3.63) is 71.8 Å². The van der Waals surface area contributed by atoms with Gasteiger partial charge in [-0.1, -0.05) is 24.3 Å². The van der Waals surface area contributed by atoms with Crippen molar-refractivity contribution in [2.45, 2.75) is 32.7 Å². The fourth-order valence-corrected chi connectivity index (χ4v) is 5.06. The highest BCUT2D eigenvalue weighted by Crippen LogP contribution is 2.35. The Morgan fingerprint density at radius 1 is 0.974 bits per heavy atom. The predicted octanol–water partition coefficient (Wildman–Crippen LogP) is 4.63. The molecule has 5 rings (SSSR count). The van der Waals surface area contributed by atoms with Crippen molar-refractivity contribution < 1.29 is 19.1 Å². The van der Waals surface area contributed by atoms with Gasteiger partial charge in [-0.05, 0) is 78.9 Å². The van der Waals surface area contributed by atoms with E-state index in [2.05, 4.69) is 34.5 Å². The molecule has 8 nitrogen and oxygen atoms in total. The van der Waals surface area contributed by atoms with E-state index in [0.29, 0.717) is 43.1 Å². The first-order valence-corrected chi connectivity index (χ1v) is 13.2. The van der Waals surface area contributed by atoms with Crippen LogP contribution in [0.3, 0.4) is 0 Å². The Balaban J connectivity index is 1.39. The Morgan fingerprint density at radius 3 is 2.55 bits per heavy atom. The van der Waals surface area contributed by atoms with Crippen LogP contribution < -0.4 is 25.4 Å². The second-order valence-electron chi connectivity index (χ2n) is 9.74. The number of ether oxygens (including phenoxy) is 2. The molecule has 0 aliphatic carbocycles. The fourth-order valence-electron chi connectivity index (χ4n) is 5.06. The third kappa shape index (κ3) is 5.75. The lowest BCUT2D eigenvalue weighted by molar-refractivity contribution is -0.114. The number of hydrogen-bond acceptors (Lipinski definition) is 6. The van der Waals surface area contributed by atoms with Gasteiger partial charge in [0.25, 0.3) is 5.91 Å². The molecule has 1 fully saturated rings. The number of nitrogens with two attached hydrogens (primary N) is 1. The molecule has 2 heterocycles. The van der Waals surface area contributed by atoms with Crippen LogP contribution in [0.1, 0.15) is 42.1 Å². The first-order valence-electron chi connectivity index (χ1n) is 13.2. The molecular weight excluding hydrogens is 480 g/mol. The fraction of sp³-hybridized carbons (Fsp3) is 0.333. The minimum atomic E-state index is -0.0890. The van der Waals surface area contributed by atoms with Crippen LogP contribution in [-0.4, -0.2) is 49.7 Å². The van der Waals surface area contributed by atoms with E-state index >= 15 is 0 Å². The summed E-state index contributed by atoms with van der Waals surface area (Å²) in [6, 6.07) is 19.7. The molecule has 3 aromatic rings. The molecule has 8 heteroatoms. The largest absolute Gasteiger partial charge is 0.454 e. The van der Waals surface area contributed by atoms with Crippen LogP contribution in [0.5, 0.6) is 11.5 Å². The monoisotopic (exact) mass is 514 g/mol. The summed E-state index contributed by atoms with van der Waals surface area (Å²) in [6.07, 6.45) is 3.03. The highest BCUT2D eigenvalue weighted by atomic mass is 16.7. The van der Waals surface area contributed by atoms with Gasteiger partial charge in [0.05, 0.1) is 11.4 Å². The molecule has 0 saturated carbocycles. The summed E-state index contributed by atoms with van der Waals surface area (Å²) in [5, 5.41) is 3.02. The Morgan fingerprint density at radius 2 is 1.76 bits per heavy atom. The Bertz CT molecular complexity index is 1320. The van der Waals surface area contributed by atoms with Gasteiger partial charge in [0.15, 0.2) is 11.5 Å². The number of carbonyl (C=O) groups is 2.